The fraction of sp³-hybridized carbons (Fsp3) is 0.0909. The SMILES string of the molecule is COc1ccc(-c2nnc([C]3[CH][CH][CH][CH]3)nc2-c2ccc(OC)cc2)cc1. The summed E-state index contributed by atoms with van der Waals surface area (Å²) < 4.78 is 10.5. The van der Waals surface area contributed by atoms with Crippen molar-refractivity contribution in [2.24, 2.45) is 0 Å². The number of methoxy groups -OCH3 is 2. The summed E-state index contributed by atoms with van der Waals surface area (Å²) >= 11 is 0. The van der Waals surface area contributed by atoms with Crippen LogP contribution in [-0.4, -0.2) is 29.4 Å². The molecule has 5 nitrogen and oxygen atoms in total. The minimum absolute atomic E-state index is 0.600. The van der Waals surface area contributed by atoms with Crippen molar-refractivity contribution >= 4 is 0 Å². The normalized spacial score (nSPS) is 14.3. The van der Waals surface area contributed by atoms with Crippen LogP contribution in [0.5, 0.6) is 11.5 Å². The Kier molecular flexibility index (Phi) is 5.01. The average molecular weight is 356 g/mol. The maximum absolute atomic E-state index is 5.27. The molecule has 1 fully saturated rings. The van der Waals surface area contributed by atoms with E-state index < -0.39 is 0 Å². The summed E-state index contributed by atoms with van der Waals surface area (Å²) in [6.07, 6.45) is 7.87. The molecule has 0 N–H and O–H groups in total. The Morgan fingerprint density at radius 1 is 0.630 bits per heavy atom. The van der Waals surface area contributed by atoms with Crippen LogP contribution in [0.2, 0.25) is 0 Å². The van der Waals surface area contributed by atoms with E-state index in [1.54, 1.807) is 14.2 Å². The number of rotatable bonds is 5. The zero-order valence-corrected chi connectivity index (χ0v) is 15.1. The van der Waals surface area contributed by atoms with Gasteiger partial charge < -0.3 is 9.47 Å². The van der Waals surface area contributed by atoms with Crippen LogP contribution in [0.4, 0.5) is 0 Å². The van der Waals surface area contributed by atoms with E-state index in [-0.39, 0.29) is 0 Å². The number of benzene rings is 2. The largest absolute Gasteiger partial charge is 0.497 e. The Bertz CT molecular complexity index is 902. The minimum atomic E-state index is 0.600. The second-order valence-corrected chi connectivity index (χ2v) is 5.96. The van der Waals surface area contributed by atoms with E-state index in [9.17, 15) is 0 Å². The summed E-state index contributed by atoms with van der Waals surface area (Å²) in [5.41, 5.74) is 3.37. The first-order valence-corrected chi connectivity index (χ1v) is 8.54. The van der Waals surface area contributed by atoms with Gasteiger partial charge in [-0.3, -0.25) is 0 Å². The molecule has 5 heteroatoms. The summed E-state index contributed by atoms with van der Waals surface area (Å²) in [6.45, 7) is 0. The third-order valence-electron chi connectivity index (χ3n) is 4.33. The van der Waals surface area contributed by atoms with Crippen LogP contribution < -0.4 is 9.47 Å². The van der Waals surface area contributed by atoms with Gasteiger partial charge in [-0.15, -0.1) is 10.2 Å². The summed E-state index contributed by atoms with van der Waals surface area (Å²) in [6, 6.07) is 15.5. The Labute approximate surface area is 159 Å². The van der Waals surface area contributed by atoms with E-state index in [4.69, 9.17) is 14.5 Å². The van der Waals surface area contributed by atoms with Gasteiger partial charge in [-0.25, -0.2) is 4.98 Å². The van der Waals surface area contributed by atoms with Gasteiger partial charge in [0.05, 0.1) is 20.1 Å². The molecule has 1 aliphatic rings. The molecule has 0 aliphatic heterocycles. The van der Waals surface area contributed by atoms with Gasteiger partial charge in [0.25, 0.3) is 0 Å². The molecule has 133 valence electrons. The first-order valence-electron chi connectivity index (χ1n) is 8.54. The van der Waals surface area contributed by atoms with Crippen molar-refractivity contribution in [1.29, 1.82) is 0 Å². The highest BCUT2D eigenvalue weighted by Gasteiger charge is 2.24. The van der Waals surface area contributed by atoms with Crippen molar-refractivity contribution in [2.75, 3.05) is 14.2 Å². The molecule has 0 atom stereocenters. The predicted molar refractivity (Wildman–Crippen MR) is 103 cm³/mol. The number of hydrogen-bond donors (Lipinski definition) is 0. The summed E-state index contributed by atoms with van der Waals surface area (Å²) in [5, 5.41) is 8.84. The van der Waals surface area contributed by atoms with Crippen LogP contribution in [-0.2, 0) is 0 Å². The van der Waals surface area contributed by atoms with E-state index in [1.807, 2.05) is 74.2 Å². The van der Waals surface area contributed by atoms with Gasteiger partial charge in [0, 0.05) is 11.1 Å². The molecule has 0 bridgehead atoms. The number of aromatic nitrogens is 3. The first kappa shape index (κ1) is 17.5. The third kappa shape index (κ3) is 3.63. The van der Waals surface area contributed by atoms with E-state index in [1.165, 1.54) is 0 Å². The molecule has 0 unspecified atom stereocenters. The lowest BCUT2D eigenvalue weighted by Crippen LogP contribution is -2.07. The standard InChI is InChI=1S/C22H18N3O2/c1-26-18-11-7-15(8-12-18)20-21(16-9-13-19(27-2)14-10-16)24-25-22(23-20)17-5-3-4-6-17/h3-14H,1-2H3. The van der Waals surface area contributed by atoms with Gasteiger partial charge in [-0.2, -0.15) is 0 Å². The lowest BCUT2D eigenvalue weighted by molar-refractivity contribution is 0.414. The van der Waals surface area contributed by atoms with Gasteiger partial charge in [0.15, 0.2) is 5.82 Å². The van der Waals surface area contributed by atoms with Crippen molar-refractivity contribution in [3.05, 3.63) is 86.0 Å². The van der Waals surface area contributed by atoms with Gasteiger partial charge in [0.2, 0.25) is 0 Å². The summed E-state index contributed by atoms with van der Waals surface area (Å²) in [4.78, 5) is 4.81. The predicted octanol–water partition coefficient (Wildman–Crippen LogP) is 3.98. The third-order valence-corrected chi connectivity index (χ3v) is 4.33. The number of nitrogens with zero attached hydrogens (tertiary/aromatic N) is 3. The quantitative estimate of drug-likeness (QED) is 0.692. The number of ether oxygens (including phenoxy) is 2. The zero-order chi connectivity index (χ0) is 18.6. The van der Waals surface area contributed by atoms with Crippen LogP contribution in [0.3, 0.4) is 0 Å². The number of hydrogen-bond acceptors (Lipinski definition) is 5. The Morgan fingerprint density at radius 3 is 1.67 bits per heavy atom. The molecule has 0 saturated heterocycles. The lowest BCUT2D eigenvalue weighted by Gasteiger charge is -2.12. The van der Waals surface area contributed by atoms with Crippen molar-refractivity contribution in [2.45, 2.75) is 0 Å². The highest BCUT2D eigenvalue weighted by atomic mass is 16.5. The summed E-state index contributed by atoms with van der Waals surface area (Å²) in [7, 11) is 3.30. The molecular weight excluding hydrogens is 338 g/mol. The van der Waals surface area contributed by atoms with E-state index in [0.29, 0.717) is 5.82 Å². The minimum Gasteiger partial charge on any atom is -0.497 e. The Balaban J connectivity index is 1.80. The van der Waals surface area contributed by atoms with E-state index >= 15 is 0 Å². The van der Waals surface area contributed by atoms with Crippen molar-refractivity contribution in [3.63, 3.8) is 0 Å². The molecule has 5 radical (unpaired) electrons. The molecule has 1 aromatic heterocycles. The zero-order valence-electron chi connectivity index (χ0n) is 15.1. The molecule has 0 spiro atoms. The van der Waals surface area contributed by atoms with Crippen LogP contribution in [0.15, 0.2) is 48.5 Å². The smallest absolute Gasteiger partial charge is 0.159 e. The molecule has 1 heterocycles. The molecule has 3 aromatic rings. The fourth-order valence-electron chi connectivity index (χ4n) is 2.86. The van der Waals surface area contributed by atoms with Gasteiger partial charge in [-0.05, 0) is 74.2 Å². The lowest BCUT2D eigenvalue weighted by atomic mass is 10.0. The molecule has 0 amide bonds. The maximum atomic E-state index is 5.27. The fourth-order valence-corrected chi connectivity index (χ4v) is 2.86. The Morgan fingerprint density at radius 2 is 1.15 bits per heavy atom. The highest BCUT2D eigenvalue weighted by molar-refractivity contribution is 5.78. The second kappa shape index (κ2) is 7.74. The highest BCUT2D eigenvalue weighted by Crippen LogP contribution is 2.33. The van der Waals surface area contributed by atoms with Gasteiger partial charge >= 0.3 is 0 Å². The van der Waals surface area contributed by atoms with E-state index in [2.05, 4.69) is 10.2 Å². The van der Waals surface area contributed by atoms with Crippen LogP contribution in [0.25, 0.3) is 22.5 Å². The summed E-state index contributed by atoms with van der Waals surface area (Å²) in [5.74, 6) is 3.13. The topological polar surface area (TPSA) is 57.1 Å². The van der Waals surface area contributed by atoms with Crippen molar-refractivity contribution < 1.29 is 9.47 Å². The van der Waals surface area contributed by atoms with Crippen LogP contribution in [0, 0.1) is 31.6 Å². The van der Waals surface area contributed by atoms with Crippen LogP contribution >= 0.6 is 0 Å². The monoisotopic (exact) mass is 356 g/mol. The average Bonchev–Trinajstić information content (AvgIpc) is 3.28. The first-order chi connectivity index (χ1) is 13.3. The molecule has 4 rings (SSSR count). The van der Waals surface area contributed by atoms with Crippen molar-refractivity contribution in [1.82, 2.24) is 15.2 Å². The molecule has 1 saturated carbocycles. The van der Waals surface area contributed by atoms with Gasteiger partial charge in [0.1, 0.15) is 22.9 Å². The molecule has 27 heavy (non-hydrogen) atoms. The molecular formula is C22H18N3O2. The molecule has 2 aromatic carbocycles. The molecule has 1 aliphatic carbocycles. The van der Waals surface area contributed by atoms with E-state index in [0.717, 1.165) is 39.9 Å². The van der Waals surface area contributed by atoms with Crippen molar-refractivity contribution in [3.8, 4) is 34.0 Å². The van der Waals surface area contributed by atoms with Gasteiger partial charge in [-0.1, -0.05) is 0 Å². The van der Waals surface area contributed by atoms with Crippen LogP contribution in [0.1, 0.15) is 5.82 Å². The maximum Gasteiger partial charge on any atom is 0.159 e. The Hall–Kier alpha value is -2.95. The second-order valence-electron chi connectivity index (χ2n) is 5.96.